The summed E-state index contributed by atoms with van der Waals surface area (Å²) in [6.45, 7) is 0. The van der Waals surface area contributed by atoms with Crippen LogP contribution < -0.4 is 0 Å². The minimum atomic E-state index is -1.16. The molecule has 7 heteroatoms. The van der Waals surface area contributed by atoms with Crippen molar-refractivity contribution in [3.05, 3.63) is 76.3 Å². The molecule has 0 spiro atoms. The number of hydrogen-bond acceptors (Lipinski definition) is 7. The van der Waals surface area contributed by atoms with E-state index < -0.39 is 34.7 Å². The summed E-state index contributed by atoms with van der Waals surface area (Å²) >= 11 is 0. The van der Waals surface area contributed by atoms with Gasteiger partial charge in [0.1, 0.15) is 28.7 Å². The van der Waals surface area contributed by atoms with E-state index in [1.807, 2.05) is 0 Å². The van der Waals surface area contributed by atoms with Crippen LogP contribution in [0.4, 0.5) is 0 Å². The van der Waals surface area contributed by atoms with Gasteiger partial charge in [0.05, 0.1) is 11.5 Å². The lowest BCUT2D eigenvalue weighted by molar-refractivity contribution is 0.0966. The van der Waals surface area contributed by atoms with Crippen LogP contribution in [0.25, 0.3) is 0 Å². The second-order valence-corrected chi connectivity index (χ2v) is 6.53. The second kappa shape index (κ2) is 6.02. The molecule has 3 aromatic carbocycles. The molecule has 0 radical (unpaired) electrons. The van der Waals surface area contributed by atoms with Crippen LogP contribution in [0.15, 0.2) is 48.5 Å². The summed E-state index contributed by atoms with van der Waals surface area (Å²) in [5, 5.41) is 49.9. The highest BCUT2D eigenvalue weighted by Gasteiger charge is 2.38. The lowest BCUT2D eigenvalue weighted by Gasteiger charge is -2.18. The molecule has 28 heavy (non-hydrogen) atoms. The van der Waals surface area contributed by atoms with E-state index in [9.17, 15) is 35.1 Å². The van der Waals surface area contributed by atoms with Gasteiger partial charge in [-0.25, -0.2) is 0 Å². The van der Waals surface area contributed by atoms with Crippen molar-refractivity contribution in [1.29, 1.82) is 0 Å². The Kier molecular flexibility index (Phi) is 3.74. The van der Waals surface area contributed by atoms with Gasteiger partial charge in [-0.3, -0.25) is 9.59 Å². The average molecular weight is 378 g/mol. The number of rotatable bonds is 1. The fraction of sp³-hybridized carbons (Fsp3) is 0.0476. The van der Waals surface area contributed by atoms with Gasteiger partial charge in [-0.05, 0) is 29.8 Å². The number of carbonyl (C=O) groups is 2. The molecule has 0 heterocycles. The molecule has 7 nitrogen and oxygen atoms in total. The molecule has 140 valence electrons. The van der Waals surface area contributed by atoms with Gasteiger partial charge in [-0.1, -0.05) is 12.1 Å². The Labute approximate surface area is 158 Å². The molecule has 1 aliphatic carbocycles. The van der Waals surface area contributed by atoms with E-state index >= 15 is 0 Å². The quantitative estimate of drug-likeness (QED) is 0.439. The first-order valence-electron chi connectivity index (χ1n) is 8.27. The predicted octanol–water partition coefficient (Wildman–Crippen LogP) is 2.77. The third kappa shape index (κ3) is 2.52. The summed E-state index contributed by atoms with van der Waals surface area (Å²) < 4.78 is 0. The van der Waals surface area contributed by atoms with E-state index in [1.165, 1.54) is 24.3 Å². The summed E-state index contributed by atoms with van der Waals surface area (Å²) in [7, 11) is 0. The van der Waals surface area contributed by atoms with Crippen LogP contribution >= 0.6 is 0 Å². The van der Waals surface area contributed by atoms with Gasteiger partial charge in [0.25, 0.3) is 0 Å². The number of ketones is 2. The number of phenolic OH excluding ortho intramolecular Hbond substituents is 5. The van der Waals surface area contributed by atoms with Gasteiger partial charge in [0, 0.05) is 28.8 Å². The Morgan fingerprint density at radius 1 is 0.643 bits per heavy atom. The minimum absolute atomic E-state index is 0.0337. The Morgan fingerprint density at radius 2 is 1.21 bits per heavy atom. The Balaban J connectivity index is 2.11. The molecule has 1 aliphatic rings. The zero-order valence-electron chi connectivity index (χ0n) is 14.2. The fourth-order valence-corrected chi connectivity index (χ4v) is 3.57. The molecule has 0 amide bonds. The van der Waals surface area contributed by atoms with E-state index in [2.05, 4.69) is 0 Å². The number of Topliss-reactive ketones (excluding diaryl/α,β-unsaturated/α-hetero) is 1. The molecule has 0 unspecified atom stereocenters. The molecule has 1 atom stereocenters. The Bertz CT molecular complexity index is 1150. The first-order chi connectivity index (χ1) is 13.3. The zero-order valence-corrected chi connectivity index (χ0v) is 14.2. The third-order valence-corrected chi connectivity index (χ3v) is 4.76. The highest BCUT2D eigenvalue weighted by molar-refractivity contribution is 6.23. The van der Waals surface area contributed by atoms with Crippen LogP contribution in [0.5, 0.6) is 28.7 Å². The maximum atomic E-state index is 13.4. The number of hydrogen-bond donors (Lipinski definition) is 5. The molecule has 0 aromatic heterocycles. The van der Waals surface area contributed by atoms with Crippen LogP contribution in [-0.4, -0.2) is 37.1 Å². The lowest BCUT2D eigenvalue weighted by Crippen LogP contribution is -2.15. The van der Waals surface area contributed by atoms with Gasteiger partial charge >= 0.3 is 0 Å². The van der Waals surface area contributed by atoms with Crippen molar-refractivity contribution in [2.75, 3.05) is 0 Å². The molecule has 0 bridgehead atoms. The summed E-state index contributed by atoms with van der Waals surface area (Å²) in [5.74, 6) is -4.46. The van der Waals surface area contributed by atoms with Crippen molar-refractivity contribution in [3.63, 3.8) is 0 Å². The molecule has 0 saturated carbocycles. The SMILES string of the molecule is O=C1c2cc(O)cc(O)c2[C@@H](c2ccc(O)cc2)C(=O)c2cc(O)cc(O)c21. The molecule has 0 aliphatic heterocycles. The second-order valence-electron chi connectivity index (χ2n) is 6.53. The number of fused-ring (bicyclic) bond motifs is 2. The standard InChI is InChI=1S/C21H14O7/c22-10-3-1-9(2-4-10)17-18-13(5-11(23)7-15(18)25)21(28)19-14(20(17)27)6-12(24)8-16(19)26/h1-8,17,22-26H/t17-/m1/s1. The van der Waals surface area contributed by atoms with Gasteiger partial charge in [-0.15, -0.1) is 0 Å². The third-order valence-electron chi connectivity index (χ3n) is 4.76. The van der Waals surface area contributed by atoms with Crippen LogP contribution in [0, 0.1) is 0 Å². The smallest absolute Gasteiger partial charge is 0.198 e. The van der Waals surface area contributed by atoms with E-state index in [0.29, 0.717) is 5.56 Å². The molecule has 3 aromatic rings. The number of benzene rings is 3. The molecular weight excluding hydrogens is 364 g/mol. The summed E-state index contributed by atoms with van der Waals surface area (Å²) in [4.78, 5) is 26.4. The Morgan fingerprint density at radius 3 is 1.86 bits per heavy atom. The molecule has 0 saturated heterocycles. The monoisotopic (exact) mass is 378 g/mol. The maximum absolute atomic E-state index is 13.4. The minimum Gasteiger partial charge on any atom is -0.508 e. The van der Waals surface area contributed by atoms with Gasteiger partial charge in [0.2, 0.25) is 0 Å². The highest BCUT2D eigenvalue weighted by atomic mass is 16.3. The van der Waals surface area contributed by atoms with Crippen molar-refractivity contribution in [3.8, 4) is 28.7 Å². The van der Waals surface area contributed by atoms with Crippen LogP contribution in [0.2, 0.25) is 0 Å². The number of aromatic hydroxyl groups is 5. The van der Waals surface area contributed by atoms with Crippen molar-refractivity contribution >= 4 is 11.6 Å². The number of carbonyl (C=O) groups excluding carboxylic acids is 2. The molecule has 5 N–H and O–H groups in total. The largest absolute Gasteiger partial charge is 0.508 e. The molecule has 4 rings (SSSR count). The average Bonchev–Trinajstić information content (AvgIpc) is 2.71. The van der Waals surface area contributed by atoms with Gasteiger partial charge in [-0.2, -0.15) is 0 Å². The topological polar surface area (TPSA) is 135 Å². The summed E-state index contributed by atoms with van der Waals surface area (Å²) in [5.41, 5.74) is -0.350. The fourth-order valence-electron chi connectivity index (χ4n) is 3.57. The first kappa shape index (κ1) is 17.4. The first-order valence-corrected chi connectivity index (χ1v) is 8.27. The molecular formula is C21H14O7. The predicted molar refractivity (Wildman–Crippen MR) is 97.3 cm³/mol. The number of phenols is 5. The van der Waals surface area contributed by atoms with Crippen molar-refractivity contribution in [2.45, 2.75) is 5.92 Å². The maximum Gasteiger partial charge on any atom is 0.198 e. The van der Waals surface area contributed by atoms with Crippen molar-refractivity contribution in [2.24, 2.45) is 0 Å². The van der Waals surface area contributed by atoms with Crippen molar-refractivity contribution in [1.82, 2.24) is 0 Å². The van der Waals surface area contributed by atoms with E-state index in [1.54, 1.807) is 0 Å². The van der Waals surface area contributed by atoms with Gasteiger partial charge < -0.3 is 25.5 Å². The normalized spacial score (nSPS) is 15.6. The van der Waals surface area contributed by atoms with E-state index in [0.717, 1.165) is 24.3 Å². The van der Waals surface area contributed by atoms with Crippen LogP contribution in [-0.2, 0) is 0 Å². The van der Waals surface area contributed by atoms with E-state index in [4.69, 9.17) is 0 Å². The summed E-state index contributed by atoms with van der Waals surface area (Å²) in [6, 6.07) is 9.77. The van der Waals surface area contributed by atoms with Crippen molar-refractivity contribution < 1.29 is 35.1 Å². The molecule has 0 fully saturated rings. The lowest BCUT2D eigenvalue weighted by atomic mass is 9.83. The van der Waals surface area contributed by atoms with E-state index in [-0.39, 0.29) is 33.8 Å². The highest BCUT2D eigenvalue weighted by Crippen LogP contribution is 2.45. The zero-order chi connectivity index (χ0) is 20.2. The van der Waals surface area contributed by atoms with Crippen LogP contribution in [0.1, 0.15) is 43.3 Å². The Hall–Kier alpha value is -4.00. The summed E-state index contributed by atoms with van der Waals surface area (Å²) in [6.07, 6.45) is 0. The van der Waals surface area contributed by atoms with Crippen LogP contribution in [0.3, 0.4) is 0 Å². The van der Waals surface area contributed by atoms with Gasteiger partial charge in [0.15, 0.2) is 11.6 Å².